The van der Waals surface area contributed by atoms with Crippen molar-refractivity contribution in [3.63, 3.8) is 0 Å². The second kappa shape index (κ2) is 2.74. The molecule has 0 radical (unpaired) electrons. The van der Waals surface area contributed by atoms with Crippen LogP contribution in [0.3, 0.4) is 0 Å². The molecular formula is C7H6BrFN2O. The van der Waals surface area contributed by atoms with Crippen molar-refractivity contribution in [1.82, 2.24) is 9.97 Å². The molecule has 1 aromatic heterocycles. The smallest absolute Gasteiger partial charge is 0.215 e. The van der Waals surface area contributed by atoms with Crippen LogP contribution in [0.5, 0.6) is 0 Å². The van der Waals surface area contributed by atoms with Gasteiger partial charge in [0, 0.05) is 12.4 Å². The summed E-state index contributed by atoms with van der Waals surface area (Å²) in [5.41, 5.74) is -1.46. The monoisotopic (exact) mass is 232 g/mol. The molecule has 5 heteroatoms. The molecule has 2 rings (SSSR count). The summed E-state index contributed by atoms with van der Waals surface area (Å²) in [6.45, 7) is 0.128. The number of ether oxygens (including phenoxy) is 1. The molecule has 0 saturated carbocycles. The van der Waals surface area contributed by atoms with Crippen LogP contribution >= 0.6 is 15.9 Å². The van der Waals surface area contributed by atoms with E-state index in [1.54, 1.807) is 0 Å². The van der Waals surface area contributed by atoms with Crippen LogP contribution < -0.4 is 0 Å². The number of halogens is 2. The highest BCUT2D eigenvalue weighted by Crippen LogP contribution is 2.31. The minimum Gasteiger partial charge on any atom is -0.374 e. The molecule has 1 aliphatic rings. The lowest BCUT2D eigenvalue weighted by Gasteiger charge is -2.31. The zero-order chi connectivity index (χ0) is 8.60. The predicted molar refractivity (Wildman–Crippen MR) is 43.3 cm³/mol. The summed E-state index contributed by atoms with van der Waals surface area (Å²) in [5.74, 6) is 0.206. The molecule has 1 saturated heterocycles. The molecular weight excluding hydrogens is 227 g/mol. The molecule has 64 valence electrons. The van der Waals surface area contributed by atoms with Gasteiger partial charge < -0.3 is 4.74 Å². The van der Waals surface area contributed by atoms with Crippen molar-refractivity contribution >= 4 is 15.9 Å². The van der Waals surface area contributed by atoms with Crippen molar-refractivity contribution in [3.05, 3.63) is 22.7 Å². The van der Waals surface area contributed by atoms with Crippen LogP contribution in [0.4, 0.5) is 4.39 Å². The van der Waals surface area contributed by atoms with E-state index in [1.807, 2.05) is 0 Å². The number of hydrogen-bond acceptors (Lipinski definition) is 3. The summed E-state index contributed by atoms with van der Waals surface area (Å²) in [6.07, 6.45) is 3.06. The Hall–Kier alpha value is -0.550. The Morgan fingerprint density at radius 1 is 1.42 bits per heavy atom. The number of rotatable bonds is 1. The molecule has 0 aromatic carbocycles. The van der Waals surface area contributed by atoms with Crippen LogP contribution in [0.25, 0.3) is 0 Å². The summed E-state index contributed by atoms with van der Waals surface area (Å²) < 4.78 is 19.0. The van der Waals surface area contributed by atoms with E-state index in [4.69, 9.17) is 4.74 Å². The zero-order valence-electron chi connectivity index (χ0n) is 6.13. The molecule has 1 aliphatic heterocycles. The molecule has 0 amide bonds. The predicted octanol–water partition coefficient (Wildman–Crippen LogP) is 1.43. The van der Waals surface area contributed by atoms with Gasteiger partial charge in [-0.2, -0.15) is 0 Å². The quantitative estimate of drug-likeness (QED) is 0.735. The summed E-state index contributed by atoms with van der Waals surface area (Å²) >= 11 is 3.17. The SMILES string of the molecule is FC1(c2ncc(Br)cn2)COC1. The number of hydrogen-bond donors (Lipinski definition) is 0. The maximum Gasteiger partial charge on any atom is 0.215 e. The lowest BCUT2D eigenvalue weighted by atomic mass is 10.0. The molecule has 12 heavy (non-hydrogen) atoms. The van der Waals surface area contributed by atoms with Crippen LogP contribution in [0.15, 0.2) is 16.9 Å². The molecule has 0 unspecified atom stereocenters. The lowest BCUT2D eigenvalue weighted by molar-refractivity contribution is -0.140. The average molecular weight is 233 g/mol. The third-order valence-corrected chi connectivity index (χ3v) is 2.09. The molecule has 0 bridgehead atoms. The number of aromatic nitrogens is 2. The van der Waals surface area contributed by atoms with Gasteiger partial charge in [-0.1, -0.05) is 0 Å². The molecule has 1 fully saturated rings. The Kier molecular flexibility index (Phi) is 1.84. The first-order chi connectivity index (χ1) is 5.71. The summed E-state index contributed by atoms with van der Waals surface area (Å²) in [4.78, 5) is 7.72. The van der Waals surface area contributed by atoms with Gasteiger partial charge in [0.25, 0.3) is 0 Å². The van der Waals surface area contributed by atoms with Crippen molar-refractivity contribution in [2.75, 3.05) is 13.2 Å². The standard InChI is InChI=1S/C7H6BrFN2O/c8-5-1-10-6(11-2-5)7(9)3-12-4-7/h1-2H,3-4H2. The Bertz CT molecular complexity index is 286. The van der Waals surface area contributed by atoms with E-state index in [9.17, 15) is 4.39 Å². The van der Waals surface area contributed by atoms with Gasteiger partial charge in [0.05, 0.1) is 17.7 Å². The van der Waals surface area contributed by atoms with Crippen molar-refractivity contribution in [1.29, 1.82) is 0 Å². The minimum atomic E-state index is -1.46. The molecule has 1 aromatic rings. The van der Waals surface area contributed by atoms with Gasteiger partial charge in [0.15, 0.2) is 5.82 Å². The van der Waals surface area contributed by atoms with Crippen LogP contribution in [0, 0.1) is 0 Å². The highest BCUT2D eigenvalue weighted by atomic mass is 79.9. The molecule has 2 heterocycles. The van der Waals surface area contributed by atoms with Crippen molar-refractivity contribution in [3.8, 4) is 0 Å². The van der Waals surface area contributed by atoms with Crippen molar-refractivity contribution < 1.29 is 9.13 Å². The first-order valence-electron chi connectivity index (χ1n) is 3.45. The van der Waals surface area contributed by atoms with E-state index in [0.29, 0.717) is 0 Å². The fraction of sp³-hybridized carbons (Fsp3) is 0.429. The Morgan fingerprint density at radius 2 is 2.00 bits per heavy atom. The normalized spacial score (nSPS) is 20.2. The van der Waals surface area contributed by atoms with E-state index in [2.05, 4.69) is 25.9 Å². The largest absolute Gasteiger partial charge is 0.374 e. The second-order valence-corrected chi connectivity index (χ2v) is 3.60. The number of alkyl halides is 1. The van der Waals surface area contributed by atoms with Gasteiger partial charge in [-0.05, 0) is 15.9 Å². The zero-order valence-corrected chi connectivity index (χ0v) is 7.71. The minimum absolute atomic E-state index is 0.0641. The van der Waals surface area contributed by atoms with Gasteiger partial charge in [0.2, 0.25) is 5.67 Å². The first-order valence-corrected chi connectivity index (χ1v) is 4.25. The third kappa shape index (κ3) is 1.23. The van der Waals surface area contributed by atoms with E-state index >= 15 is 0 Å². The van der Waals surface area contributed by atoms with Crippen molar-refractivity contribution in [2.24, 2.45) is 0 Å². The lowest BCUT2D eigenvalue weighted by Crippen LogP contribution is -2.43. The fourth-order valence-electron chi connectivity index (χ4n) is 0.954. The molecule has 3 nitrogen and oxygen atoms in total. The maximum atomic E-state index is 13.5. The summed E-state index contributed by atoms with van der Waals surface area (Å²) in [7, 11) is 0. The van der Waals surface area contributed by atoms with Crippen molar-refractivity contribution in [2.45, 2.75) is 5.67 Å². The highest BCUT2D eigenvalue weighted by Gasteiger charge is 2.43. The van der Waals surface area contributed by atoms with Gasteiger partial charge in [0.1, 0.15) is 0 Å². The third-order valence-electron chi connectivity index (χ3n) is 1.68. The first kappa shape index (κ1) is 8.07. The summed E-state index contributed by atoms with van der Waals surface area (Å²) in [5, 5.41) is 0. The molecule has 0 N–H and O–H groups in total. The van der Waals surface area contributed by atoms with E-state index in [0.717, 1.165) is 4.47 Å². The topological polar surface area (TPSA) is 35.0 Å². The van der Waals surface area contributed by atoms with Crippen LogP contribution in [-0.4, -0.2) is 23.2 Å². The fourth-order valence-corrected chi connectivity index (χ4v) is 1.16. The van der Waals surface area contributed by atoms with Gasteiger partial charge in [-0.25, -0.2) is 14.4 Å². The molecule has 0 spiro atoms. The van der Waals surface area contributed by atoms with Gasteiger partial charge in [-0.15, -0.1) is 0 Å². The second-order valence-electron chi connectivity index (χ2n) is 2.68. The van der Waals surface area contributed by atoms with E-state index < -0.39 is 5.67 Å². The number of nitrogens with zero attached hydrogens (tertiary/aromatic N) is 2. The maximum absolute atomic E-state index is 13.5. The Balaban J connectivity index is 2.28. The Morgan fingerprint density at radius 3 is 2.42 bits per heavy atom. The van der Waals surface area contributed by atoms with E-state index in [-0.39, 0.29) is 19.0 Å². The van der Waals surface area contributed by atoms with E-state index in [1.165, 1.54) is 12.4 Å². The molecule has 0 atom stereocenters. The van der Waals surface area contributed by atoms with Gasteiger partial charge >= 0.3 is 0 Å². The molecule has 0 aliphatic carbocycles. The average Bonchev–Trinajstić information content (AvgIpc) is 2.02. The Labute approximate surface area is 77.1 Å². The highest BCUT2D eigenvalue weighted by molar-refractivity contribution is 9.10. The van der Waals surface area contributed by atoms with Crippen LogP contribution in [0.2, 0.25) is 0 Å². The van der Waals surface area contributed by atoms with Gasteiger partial charge in [-0.3, -0.25) is 0 Å². The summed E-state index contributed by atoms with van der Waals surface area (Å²) in [6, 6.07) is 0. The van der Waals surface area contributed by atoms with Crippen LogP contribution in [0.1, 0.15) is 5.82 Å². The van der Waals surface area contributed by atoms with Crippen LogP contribution in [-0.2, 0) is 10.4 Å².